The van der Waals surface area contributed by atoms with E-state index in [2.05, 4.69) is 18.5 Å². The summed E-state index contributed by atoms with van der Waals surface area (Å²) < 4.78 is 0. The van der Waals surface area contributed by atoms with Crippen molar-refractivity contribution in [2.45, 2.75) is 39.0 Å². The lowest BCUT2D eigenvalue weighted by molar-refractivity contribution is 0.423. The van der Waals surface area contributed by atoms with E-state index in [4.69, 9.17) is 0 Å². The molecule has 1 N–H and O–H groups in total. The Morgan fingerprint density at radius 2 is 2.15 bits per heavy atom. The van der Waals surface area contributed by atoms with Gasteiger partial charge in [-0.1, -0.05) is 6.92 Å². The standard InChI is InChI=1S/C11H23NS/c1-3-8-12-10-11(6-7-11)5-4-9-13-2/h12H,3-10H2,1-2H3. The quantitative estimate of drug-likeness (QED) is 0.606. The molecule has 0 aliphatic heterocycles. The molecule has 2 heteroatoms. The van der Waals surface area contributed by atoms with E-state index in [1.807, 2.05) is 11.8 Å². The van der Waals surface area contributed by atoms with Crippen molar-refractivity contribution in [3.63, 3.8) is 0 Å². The van der Waals surface area contributed by atoms with Crippen LogP contribution in [0, 0.1) is 5.41 Å². The summed E-state index contributed by atoms with van der Waals surface area (Å²) in [4.78, 5) is 0. The topological polar surface area (TPSA) is 12.0 Å². The fourth-order valence-corrected chi connectivity index (χ4v) is 2.25. The van der Waals surface area contributed by atoms with Crippen LogP contribution in [0.1, 0.15) is 39.0 Å². The van der Waals surface area contributed by atoms with Crippen molar-refractivity contribution in [1.82, 2.24) is 5.32 Å². The Labute approximate surface area is 87.1 Å². The van der Waals surface area contributed by atoms with E-state index >= 15 is 0 Å². The van der Waals surface area contributed by atoms with Crippen LogP contribution in [0.15, 0.2) is 0 Å². The van der Waals surface area contributed by atoms with Crippen molar-refractivity contribution in [3.8, 4) is 0 Å². The molecule has 0 saturated heterocycles. The molecular formula is C11H23NS. The summed E-state index contributed by atoms with van der Waals surface area (Å²) >= 11 is 1.98. The first-order valence-corrected chi connectivity index (χ1v) is 6.92. The molecule has 13 heavy (non-hydrogen) atoms. The lowest BCUT2D eigenvalue weighted by Crippen LogP contribution is -2.24. The fourth-order valence-electron chi connectivity index (χ4n) is 1.81. The van der Waals surface area contributed by atoms with E-state index in [-0.39, 0.29) is 0 Å². The highest BCUT2D eigenvalue weighted by Gasteiger charge is 2.40. The van der Waals surface area contributed by atoms with Crippen LogP contribution in [0.25, 0.3) is 0 Å². The van der Waals surface area contributed by atoms with Crippen LogP contribution >= 0.6 is 11.8 Å². The zero-order valence-corrected chi connectivity index (χ0v) is 9.88. The van der Waals surface area contributed by atoms with Crippen LogP contribution in [-0.2, 0) is 0 Å². The summed E-state index contributed by atoms with van der Waals surface area (Å²) in [7, 11) is 0. The molecule has 0 bridgehead atoms. The Bertz CT molecular complexity index is 120. The molecule has 0 atom stereocenters. The second-order valence-corrected chi connectivity index (χ2v) is 5.26. The second kappa shape index (κ2) is 5.92. The first-order chi connectivity index (χ1) is 6.33. The molecular weight excluding hydrogens is 178 g/mol. The van der Waals surface area contributed by atoms with Gasteiger partial charge in [-0.15, -0.1) is 0 Å². The summed E-state index contributed by atoms with van der Waals surface area (Å²) in [5.74, 6) is 1.34. The summed E-state index contributed by atoms with van der Waals surface area (Å²) in [6.45, 7) is 4.71. The zero-order valence-electron chi connectivity index (χ0n) is 9.07. The first kappa shape index (κ1) is 11.4. The Morgan fingerprint density at radius 3 is 2.69 bits per heavy atom. The summed E-state index contributed by atoms with van der Waals surface area (Å²) in [6, 6.07) is 0. The number of nitrogens with one attached hydrogen (secondary N) is 1. The largest absolute Gasteiger partial charge is 0.316 e. The van der Waals surface area contributed by atoms with Crippen molar-refractivity contribution in [3.05, 3.63) is 0 Å². The average molecular weight is 201 g/mol. The van der Waals surface area contributed by atoms with Crippen LogP contribution in [0.2, 0.25) is 0 Å². The monoisotopic (exact) mass is 201 g/mol. The summed E-state index contributed by atoms with van der Waals surface area (Å²) in [6.07, 6.45) is 9.27. The smallest absolute Gasteiger partial charge is 0.000781 e. The fraction of sp³-hybridized carbons (Fsp3) is 1.00. The van der Waals surface area contributed by atoms with Crippen LogP contribution in [0.5, 0.6) is 0 Å². The van der Waals surface area contributed by atoms with Gasteiger partial charge in [0.1, 0.15) is 0 Å². The Kier molecular flexibility index (Phi) is 5.18. The molecule has 0 aromatic rings. The van der Waals surface area contributed by atoms with Crippen LogP contribution < -0.4 is 5.32 Å². The third-order valence-corrected chi connectivity index (χ3v) is 3.64. The predicted molar refractivity (Wildman–Crippen MR) is 62.4 cm³/mol. The Hall–Kier alpha value is 0.310. The predicted octanol–water partition coefficient (Wildman–Crippen LogP) is 2.91. The van der Waals surface area contributed by atoms with Crippen molar-refractivity contribution < 1.29 is 0 Å². The van der Waals surface area contributed by atoms with Gasteiger partial charge < -0.3 is 5.32 Å². The maximum Gasteiger partial charge on any atom is 0.000781 e. The molecule has 0 aromatic carbocycles. The van der Waals surface area contributed by atoms with Gasteiger partial charge in [-0.3, -0.25) is 0 Å². The van der Waals surface area contributed by atoms with Crippen molar-refractivity contribution >= 4 is 11.8 Å². The van der Waals surface area contributed by atoms with Gasteiger partial charge in [0.25, 0.3) is 0 Å². The minimum Gasteiger partial charge on any atom is -0.316 e. The van der Waals surface area contributed by atoms with Crippen LogP contribution in [0.4, 0.5) is 0 Å². The van der Waals surface area contributed by atoms with Gasteiger partial charge in [0.15, 0.2) is 0 Å². The van der Waals surface area contributed by atoms with E-state index in [0.717, 1.165) is 5.41 Å². The normalized spacial score (nSPS) is 18.9. The highest BCUT2D eigenvalue weighted by Crippen LogP contribution is 2.49. The van der Waals surface area contributed by atoms with E-state index in [9.17, 15) is 0 Å². The minimum absolute atomic E-state index is 0.727. The summed E-state index contributed by atoms with van der Waals surface area (Å²) in [5.41, 5.74) is 0.727. The molecule has 1 rings (SSSR count). The average Bonchev–Trinajstić information content (AvgIpc) is 2.87. The molecule has 0 aromatic heterocycles. The van der Waals surface area contributed by atoms with Gasteiger partial charge in [-0.25, -0.2) is 0 Å². The third-order valence-electron chi connectivity index (χ3n) is 2.94. The molecule has 0 amide bonds. The molecule has 0 radical (unpaired) electrons. The Balaban J connectivity index is 2.01. The SMILES string of the molecule is CCCNCC1(CCCSC)CC1. The third kappa shape index (κ3) is 4.37. The molecule has 0 heterocycles. The number of thioether (sulfide) groups is 1. The lowest BCUT2D eigenvalue weighted by Gasteiger charge is -2.15. The maximum absolute atomic E-state index is 3.56. The van der Waals surface area contributed by atoms with Gasteiger partial charge in [0, 0.05) is 6.54 Å². The molecule has 1 aliphatic rings. The first-order valence-electron chi connectivity index (χ1n) is 5.53. The molecule has 1 nitrogen and oxygen atoms in total. The molecule has 1 fully saturated rings. The minimum atomic E-state index is 0.727. The summed E-state index contributed by atoms with van der Waals surface area (Å²) in [5, 5.41) is 3.56. The van der Waals surface area contributed by atoms with Crippen molar-refractivity contribution in [2.24, 2.45) is 5.41 Å². The van der Waals surface area contributed by atoms with Gasteiger partial charge in [-0.2, -0.15) is 11.8 Å². The molecule has 0 unspecified atom stereocenters. The van der Waals surface area contributed by atoms with E-state index in [0.29, 0.717) is 0 Å². The van der Waals surface area contributed by atoms with E-state index < -0.39 is 0 Å². The molecule has 0 spiro atoms. The van der Waals surface area contributed by atoms with Gasteiger partial charge >= 0.3 is 0 Å². The highest BCUT2D eigenvalue weighted by molar-refractivity contribution is 7.98. The van der Waals surface area contributed by atoms with Crippen molar-refractivity contribution in [1.29, 1.82) is 0 Å². The highest BCUT2D eigenvalue weighted by atomic mass is 32.2. The van der Waals surface area contributed by atoms with Crippen LogP contribution in [-0.4, -0.2) is 25.1 Å². The van der Waals surface area contributed by atoms with E-state index in [1.165, 1.54) is 50.9 Å². The van der Waals surface area contributed by atoms with Crippen molar-refractivity contribution in [2.75, 3.05) is 25.1 Å². The maximum atomic E-state index is 3.56. The zero-order chi connectivity index (χ0) is 9.57. The number of rotatable bonds is 8. The van der Waals surface area contributed by atoms with Gasteiger partial charge in [0.05, 0.1) is 0 Å². The molecule has 1 saturated carbocycles. The second-order valence-electron chi connectivity index (χ2n) is 4.27. The Morgan fingerprint density at radius 1 is 1.38 bits per heavy atom. The number of hydrogen-bond acceptors (Lipinski definition) is 2. The number of hydrogen-bond donors (Lipinski definition) is 1. The van der Waals surface area contributed by atoms with Gasteiger partial charge in [0.2, 0.25) is 0 Å². The van der Waals surface area contributed by atoms with E-state index in [1.54, 1.807) is 0 Å². The molecule has 78 valence electrons. The van der Waals surface area contributed by atoms with Crippen LogP contribution in [0.3, 0.4) is 0 Å². The lowest BCUT2D eigenvalue weighted by atomic mass is 10.0. The molecule has 1 aliphatic carbocycles. The van der Waals surface area contributed by atoms with Gasteiger partial charge in [-0.05, 0) is 56.1 Å².